The fourth-order valence-electron chi connectivity index (χ4n) is 2.63. The lowest BCUT2D eigenvalue weighted by atomic mass is 10.00. The predicted octanol–water partition coefficient (Wildman–Crippen LogP) is 4.40. The first kappa shape index (κ1) is 14.9. The van der Waals surface area contributed by atoms with Crippen molar-refractivity contribution < 1.29 is 13.2 Å². The zero-order valence-electron chi connectivity index (χ0n) is 11.2. The van der Waals surface area contributed by atoms with E-state index in [-0.39, 0.29) is 5.75 Å². The van der Waals surface area contributed by atoms with Crippen LogP contribution in [0.3, 0.4) is 0 Å². The fourth-order valence-corrected chi connectivity index (χ4v) is 3.07. The van der Waals surface area contributed by atoms with Crippen molar-refractivity contribution in [1.29, 1.82) is 0 Å². The quantitative estimate of drug-likeness (QED) is 0.805. The molecule has 0 saturated heterocycles. The Morgan fingerprint density at radius 3 is 2.68 bits per heavy atom. The highest BCUT2D eigenvalue weighted by atomic mass is 32.2. The molecule has 19 heavy (non-hydrogen) atoms. The molecule has 0 spiro atoms. The summed E-state index contributed by atoms with van der Waals surface area (Å²) in [5.41, 5.74) is 0. The Labute approximate surface area is 117 Å². The summed E-state index contributed by atoms with van der Waals surface area (Å²) in [6, 6.07) is 4.15. The van der Waals surface area contributed by atoms with Crippen LogP contribution in [0.1, 0.15) is 44.1 Å². The first-order valence-electron chi connectivity index (χ1n) is 6.86. The number of hydrogen-bond donors (Lipinski definition) is 1. The van der Waals surface area contributed by atoms with Gasteiger partial charge in [0.25, 0.3) is 5.76 Å². The molecule has 1 unspecified atom stereocenters. The van der Waals surface area contributed by atoms with Crippen LogP contribution in [0.2, 0.25) is 0 Å². The molecule has 1 aliphatic rings. The minimum Gasteiger partial charge on any atom is -0.464 e. The van der Waals surface area contributed by atoms with E-state index in [0.29, 0.717) is 30.1 Å². The van der Waals surface area contributed by atoms with E-state index in [1.54, 1.807) is 6.07 Å². The molecule has 0 amide bonds. The largest absolute Gasteiger partial charge is 0.464 e. The molecule has 0 radical (unpaired) electrons. The van der Waals surface area contributed by atoms with Gasteiger partial charge in [-0.1, -0.05) is 24.6 Å². The van der Waals surface area contributed by atoms with Crippen LogP contribution >= 0.6 is 11.8 Å². The molecular formula is C14H21F2NOS. The van der Waals surface area contributed by atoms with Gasteiger partial charge < -0.3 is 9.73 Å². The van der Waals surface area contributed by atoms with E-state index in [4.69, 9.17) is 4.42 Å². The SMILES string of the molecule is CC(NCc1ccc(CSC(F)F)o1)C1CCCC1. The maximum atomic E-state index is 12.1. The third-order valence-electron chi connectivity index (χ3n) is 3.77. The highest BCUT2D eigenvalue weighted by Gasteiger charge is 2.21. The highest BCUT2D eigenvalue weighted by Crippen LogP contribution is 2.27. The zero-order valence-corrected chi connectivity index (χ0v) is 12.0. The average Bonchev–Trinajstić information content (AvgIpc) is 3.04. The maximum absolute atomic E-state index is 12.1. The van der Waals surface area contributed by atoms with Gasteiger partial charge in [0.15, 0.2) is 0 Å². The van der Waals surface area contributed by atoms with Crippen LogP contribution in [0.15, 0.2) is 16.5 Å². The van der Waals surface area contributed by atoms with E-state index in [1.807, 2.05) is 6.07 Å². The van der Waals surface area contributed by atoms with E-state index >= 15 is 0 Å². The van der Waals surface area contributed by atoms with E-state index in [1.165, 1.54) is 25.7 Å². The summed E-state index contributed by atoms with van der Waals surface area (Å²) in [6.07, 6.45) is 5.30. The molecule has 0 aliphatic heterocycles. The lowest BCUT2D eigenvalue weighted by molar-refractivity contribution is 0.251. The second-order valence-electron chi connectivity index (χ2n) is 5.15. The Kier molecular flexibility index (Phi) is 5.70. The summed E-state index contributed by atoms with van der Waals surface area (Å²) in [5.74, 6) is 0.110. The van der Waals surface area contributed by atoms with Gasteiger partial charge in [-0.3, -0.25) is 0 Å². The third-order valence-corrected chi connectivity index (χ3v) is 4.48. The molecule has 1 atom stereocenters. The highest BCUT2D eigenvalue weighted by molar-refractivity contribution is 7.98. The van der Waals surface area contributed by atoms with Gasteiger partial charge >= 0.3 is 0 Å². The van der Waals surface area contributed by atoms with Gasteiger partial charge in [0.2, 0.25) is 0 Å². The Hall–Kier alpha value is -0.550. The topological polar surface area (TPSA) is 25.2 Å². The number of alkyl halides is 2. The minimum atomic E-state index is -2.34. The van der Waals surface area contributed by atoms with Crippen molar-refractivity contribution in [2.24, 2.45) is 5.92 Å². The molecule has 2 rings (SSSR count). The van der Waals surface area contributed by atoms with E-state index < -0.39 is 5.76 Å². The molecule has 1 fully saturated rings. The monoisotopic (exact) mass is 289 g/mol. The summed E-state index contributed by atoms with van der Waals surface area (Å²) in [6.45, 7) is 2.89. The van der Waals surface area contributed by atoms with Crippen molar-refractivity contribution >= 4 is 11.8 Å². The molecule has 0 aromatic carbocycles. The molecule has 2 nitrogen and oxygen atoms in total. The number of halogens is 2. The Balaban J connectivity index is 1.73. The number of thioether (sulfide) groups is 1. The third kappa shape index (κ3) is 4.80. The molecule has 1 saturated carbocycles. The Morgan fingerprint density at radius 2 is 2.00 bits per heavy atom. The molecule has 5 heteroatoms. The number of rotatable bonds is 7. The van der Waals surface area contributed by atoms with E-state index in [0.717, 1.165) is 11.7 Å². The van der Waals surface area contributed by atoms with Crippen LogP contribution in [-0.2, 0) is 12.3 Å². The number of nitrogens with one attached hydrogen (secondary N) is 1. The van der Waals surface area contributed by atoms with Gasteiger partial charge in [-0.15, -0.1) is 0 Å². The van der Waals surface area contributed by atoms with Crippen LogP contribution < -0.4 is 5.32 Å². The van der Waals surface area contributed by atoms with Crippen LogP contribution in [0, 0.1) is 5.92 Å². The Bertz CT molecular complexity index is 377. The van der Waals surface area contributed by atoms with Crippen molar-refractivity contribution in [1.82, 2.24) is 5.32 Å². The van der Waals surface area contributed by atoms with E-state index in [2.05, 4.69) is 12.2 Å². The van der Waals surface area contributed by atoms with Crippen molar-refractivity contribution in [3.8, 4) is 0 Å². The first-order valence-corrected chi connectivity index (χ1v) is 7.91. The molecule has 1 N–H and O–H groups in total. The zero-order chi connectivity index (χ0) is 13.7. The molecule has 0 bridgehead atoms. The molecule has 1 aliphatic carbocycles. The molecule has 1 aromatic rings. The molecule has 108 valence electrons. The molecular weight excluding hydrogens is 268 g/mol. The summed E-state index contributed by atoms with van der Waals surface area (Å²) < 4.78 is 29.7. The average molecular weight is 289 g/mol. The number of hydrogen-bond acceptors (Lipinski definition) is 3. The van der Waals surface area contributed by atoms with Gasteiger partial charge in [0.1, 0.15) is 11.5 Å². The van der Waals surface area contributed by atoms with Crippen LogP contribution in [-0.4, -0.2) is 11.8 Å². The lowest BCUT2D eigenvalue weighted by Crippen LogP contribution is -2.31. The van der Waals surface area contributed by atoms with Gasteiger partial charge in [0.05, 0.1) is 12.3 Å². The van der Waals surface area contributed by atoms with Gasteiger partial charge in [-0.2, -0.15) is 8.78 Å². The van der Waals surface area contributed by atoms with Gasteiger partial charge in [0, 0.05) is 6.04 Å². The van der Waals surface area contributed by atoms with Crippen LogP contribution in [0.25, 0.3) is 0 Å². The van der Waals surface area contributed by atoms with Crippen LogP contribution in [0.4, 0.5) is 8.78 Å². The number of furan rings is 1. The Morgan fingerprint density at radius 1 is 1.32 bits per heavy atom. The first-order chi connectivity index (χ1) is 9.15. The maximum Gasteiger partial charge on any atom is 0.284 e. The summed E-state index contributed by atoms with van der Waals surface area (Å²) in [5, 5.41) is 3.47. The predicted molar refractivity (Wildman–Crippen MR) is 74.3 cm³/mol. The van der Waals surface area contributed by atoms with Crippen molar-refractivity contribution in [2.45, 2.75) is 56.7 Å². The smallest absolute Gasteiger partial charge is 0.284 e. The fraction of sp³-hybridized carbons (Fsp3) is 0.714. The van der Waals surface area contributed by atoms with Crippen molar-refractivity contribution in [3.05, 3.63) is 23.7 Å². The second-order valence-corrected chi connectivity index (χ2v) is 6.13. The summed E-state index contributed by atoms with van der Waals surface area (Å²) in [4.78, 5) is 0. The molecule has 1 heterocycles. The van der Waals surface area contributed by atoms with Crippen molar-refractivity contribution in [2.75, 3.05) is 0 Å². The van der Waals surface area contributed by atoms with Crippen molar-refractivity contribution in [3.63, 3.8) is 0 Å². The minimum absolute atomic E-state index is 0.232. The standard InChI is InChI=1S/C14H21F2NOS/c1-10(11-4-2-3-5-11)17-8-12-6-7-13(18-12)9-19-14(15)16/h6-7,10-11,14,17H,2-5,8-9H2,1H3. The molecule has 1 aromatic heterocycles. The normalized spacial score (nSPS) is 18.3. The summed E-state index contributed by atoms with van der Waals surface area (Å²) in [7, 11) is 0. The van der Waals surface area contributed by atoms with E-state index in [9.17, 15) is 8.78 Å². The lowest BCUT2D eigenvalue weighted by Gasteiger charge is -2.19. The summed E-state index contributed by atoms with van der Waals surface area (Å²) >= 11 is 0.595. The van der Waals surface area contributed by atoms with Crippen LogP contribution in [0.5, 0.6) is 0 Å². The van der Waals surface area contributed by atoms with Gasteiger partial charge in [-0.25, -0.2) is 0 Å². The van der Waals surface area contributed by atoms with Gasteiger partial charge in [-0.05, 0) is 37.8 Å². The second kappa shape index (κ2) is 7.29.